The first-order valence-corrected chi connectivity index (χ1v) is 11.2. The molecule has 3 amide bonds. The van der Waals surface area contributed by atoms with Crippen LogP contribution in [0.1, 0.15) is 46.6 Å². The summed E-state index contributed by atoms with van der Waals surface area (Å²) in [6.45, 7) is 8.35. The number of likely N-dealkylation sites (N-methyl/N-ethyl adjacent to an activating group) is 1. The van der Waals surface area contributed by atoms with Crippen LogP contribution in [0.15, 0.2) is 30.3 Å². The largest absolute Gasteiger partial charge is 0.479 e. The van der Waals surface area contributed by atoms with E-state index in [0.29, 0.717) is 12.8 Å². The molecule has 9 nitrogen and oxygen atoms in total. The number of rotatable bonds is 9. The van der Waals surface area contributed by atoms with Crippen LogP contribution in [-0.2, 0) is 25.5 Å². The molecule has 9 heteroatoms. The Labute approximate surface area is 195 Å². The van der Waals surface area contributed by atoms with Crippen molar-refractivity contribution in [1.82, 2.24) is 15.1 Å². The van der Waals surface area contributed by atoms with Crippen LogP contribution in [0.25, 0.3) is 0 Å². The van der Waals surface area contributed by atoms with Gasteiger partial charge in [-0.3, -0.25) is 14.9 Å². The summed E-state index contributed by atoms with van der Waals surface area (Å²) < 4.78 is 5.17. The predicted molar refractivity (Wildman–Crippen MR) is 122 cm³/mol. The highest BCUT2D eigenvalue weighted by Gasteiger charge is 2.63. The lowest BCUT2D eigenvalue weighted by atomic mass is 9.72. The van der Waals surface area contributed by atoms with E-state index in [4.69, 9.17) is 4.74 Å². The Balaban J connectivity index is 2.28. The summed E-state index contributed by atoms with van der Waals surface area (Å²) in [4.78, 5) is 53.4. The van der Waals surface area contributed by atoms with Crippen molar-refractivity contribution in [2.75, 3.05) is 20.2 Å². The molecule has 0 aromatic heterocycles. The monoisotopic (exact) mass is 461 g/mol. The van der Waals surface area contributed by atoms with Gasteiger partial charge in [0.2, 0.25) is 5.91 Å². The smallest absolute Gasteiger partial charge is 0.332 e. The van der Waals surface area contributed by atoms with Crippen LogP contribution in [0.4, 0.5) is 4.79 Å². The van der Waals surface area contributed by atoms with Crippen LogP contribution in [0.3, 0.4) is 0 Å². The standard InChI is InChI=1S/C24H35N3O6/c1-7-33-20(29)18(14-13-17-11-9-8-10-12-17)25-16(2)19(28)27-22(32)26(6)15-24(27,21(30)31)23(3,4)5/h8-12,16,18,25H,7,13-15H2,1-6H3,(H,30,31)/t16-,18-,24-/m0/s1. The molecule has 0 aliphatic carbocycles. The van der Waals surface area contributed by atoms with E-state index in [9.17, 15) is 24.3 Å². The molecule has 1 aliphatic heterocycles. The van der Waals surface area contributed by atoms with Gasteiger partial charge in [-0.05, 0) is 37.7 Å². The van der Waals surface area contributed by atoms with Crippen LogP contribution in [0, 0.1) is 5.41 Å². The highest BCUT2D eigenvalue weighted by Crippen LogP contribution is 2.41. The highest BCUT2D eigenvalue weighted by molar-refractivity contribution is 6.05. The number of carboxylic acid groups (broad SMARTS) is 1. The number of aliphatic carboxylic acids is 1. The molecule has 1 heterocycles. The number of amides is 3. The number of aryl methyl sites for hydroxylation is 1. The lowest BCUT2D eigenvalue weighted by Crippen LogP contribution is -2.66. The van der Waals surface area contributed by atoms with Gasteiger partial charge in [0.05, 0.1) is 19.2 Å². The third-order valence-corrected chi connectivity index (χ3v) is 6.14. The molecular weight excluding hydrogens is 426 g/mol. The average molecular weight is 462 g/mol. The van der Waals surface area contributed by atoms with E-state index >= 15 is 0 Å². The molecule has 1 aromatic rings. The molecule has 182 valence electrons. The number of carbonyl (C=O) groups excluding carboxylic acids is 3. The number of carbonyl (C=O) groups is 4. The minimum absolute atomic E-state index is 0.127. The van der Waals surface area contributed by atoms with Gasteiger partial charge in [-0.15, -0.1) is 0 Å². The van der Waals surface area contributed by atoms with Crippen LogP contribution >= 0.6 is 0 Å². The highest BCUT2D eigenvalue weighted by atomic mass is 16.5. The van der Waals surface area contributed by atoms with E-state index in [2.05, 4.69) is 5.32 Å². The predicted octanol–water partition coefficient (Wildman–Crippen LogP) is 2.29. The van der Waals surface area contributed by atoms with E-state index in [0.717, 1.165) is 10.5 Å². The number of carboxylic acids is 1. The van der Waals surface area contributed by atoms with Gasteiger partial charge in [-0.2, -0.15) is 0 Å². The maximum atomic E-state index is 13.5. The number of urea groups is 1. The number of nitrogens with zero attached hydrogens (tertiary/aromatic N) is 2. The number of esters is 1. The Bertz CT molecular complexity index is 882. The Kier molecular flexibility index (Phi) is 8.24. The van der Waals surface area contributed by atoms with Crippen LogP contribution in [-0.4, -0.2) is 76.6 Å². The second-order valence-electron chi connectivity index (χ2n) is 9.44. The third kappa shape index (κ3) is 5.35. The third-order valence-electron chi connectivity index (χ3n) is 6.14. The number of imide groups is 1. The van der Waals surface area contributed by atoms with Gasteiger partial charge in [-0.1, -0.05) is 51.1 Å². The zero-order chi connectivity index (χ0) is 25.0. The van der Waals surface area contributed by atoms with Gasteiger partial charge in [0, 0.05) is 7.05 Å². The van der Waals surface area contributed by atoms with Crippen molar-refractivity contribution in [2.24, 2.45) is 5.41 Å². The summed E-state index contributed by atoms with van der Waals surface area (Å²) in [6.07, 6.45) is 0.947. The maximum Gasteiger partial charge on any atom is 0.332 e. The molecule has 3 atom stereocenters. The molecule has 0 saturated carbocycles. The second-order valence-corrected chi connectivity index (χ2v) is 9.44. The van der Waals surface area contributed by atoms with Crippen molar-refractivity contribution in [2.45, 2.75) is 65.1 Å². The fourth-order valence-electron chi connectivity index (χ4n) is 4.19. The number of hydrogen-bond acceptors (Lipinski definition) is 6. The van der Waals surface area contributed by atoms with Crippen molar-refractivity contribution in [1.29, 1.82) is 0 Å². The summed E-state index contributed by atoms with van der Waals surface area (Å²) in [5.74, 6) is -2.45. The molecule has 1 fully saturated rings. The maximum absolute atomic E-state index is 13.5. The number of benzene rings is 1. The van der Waals surface area contributed by atoms with Gasteiger partial charge in [-0.25, -0.2) is 14.5 Å². The molecule has 1 saturated heterocycles. The normalized spacial score (nSPS) is 20.5. The Morgan fingerprint density at radius 2 is 1.82 bits per heavy atom. The minimum Gasteiger partial charge on any atom is -0.479 e. The summed E-state index contributed by atoms with van der Waals surface area (Å²) >= 11 is 0. The molecule has 0 bridgehead atoms. The molecule has 0 radical (unpaired) electrons. The lowest BCUT2D eigenvalue weighted by Gasteiger charge is -2.42. The average Bonchev–Trinajstić information content (AvgIpc) is 3.03. The SMILES string of the molecule is CCOC(=O)[C@H](CCc1ccccc1)N[C@@H](C)C(=O)N1C(=O)N(C)C[C@]1(C(=O)O)C(C)(C)C. The molecule has 2 rings (SSSR count). The summed E-state index contributed by atoms with van der Waals surface area (Å²) in [6, 6.07) is 7.13. The fourth-order valence-corrected chi connectivity index (χ4v) is 4.19. The first-order chi connectivity index (χ1) is 15.4. The minimum atomic E-state index is -1.74. The Morgan fingerprint density at radius 3 is 2.33 bits per heavy atom. The quantitative estimate of drug-likeness (QED) is 0.542. The summed E-state index contributed by atoms with van der Waals surface area (Å²) in [5, 5.41) is 13.1. The van der Waals surface area contributed by atoms with Gasteiger partial charge in [0.25, 0.3) is 0 Å². The van der Waals surface area contributed by atoms with E-state index in [1.165, 1.54) is 18.9 Å². The first kappa shape index (κ1) is 26.3. The van der Waals surface area contributed by atoms with Crippen molar-refractivity contribution >= 4 is 23.9 Å². The zero-order valence-corrected chi connectivity index (χ0v) is 20.3. The summed E-state index contributed by atoms with van der Waals surface area (Å²) in [7, 11) is 1.47. The number of hydrogen-bond donors (Lipinski definition) is 2. The van der Waals surface area contributed by atoms with E-state index < -0.39 is 46.9 Å². The zero-order valence-electron chi connectivity index (χ0n) is 20.3. The fraction of sp³-hybridized carbons (Fsp3) is 0.583. The second kappa shape index (κ2) is 10.3. The molecule has 0 spiro atoms. The van der Waals surface area contributed by atoms with Gasteiger partial charge >= 0.3 is 18.0 Å². The van der Waals surface area contributed by atoms with Crippen LogP contribution < -0.4 is 5.32 Å². The topological polar surface area (TPSA) is 116 Å². The molecule has 1 aromatic carbocycles. The lowest BCUT2D eigenvalue weighted by molar-refractivity contribution is -0.161. The van der Waals surface area contributed by atoms with Gasteiger partial charge < -0.3 is 14.7 Å². The number of ether oxygens (including phenoxy) is 1. The van der Waals surface area contributed by atoms with E-state index in [1.54, 1.807) is 27.7 Å². The molecule has 1 aliphatic rings. The van der Waals surface area contributed by atoms with E-state index in [-0.39, 0.29) is 13.2 Å². The van der Waals surface area contributed by atoms with Gasteiger partial charge in [0.15, 0.2) is 5.54 Å². The first-order valence-electron chi connectivity index (χ1n) is 11.2. The molecular formula is C24H35N3O6. The van der Waals surface area contributed by atoms with Crippen LogP contribution in [0.2, 0.25) is 0 Å². The molecule has 0 unspecified atom stereocenters. The van der Waals surface area contributed by atoms with Crippen molar-refractivity contribution in [3.05, 3.63) is 35.9 Å². The molecule has 2 N–H and O–H groups in total. The Hall–Kier alpha value is -2.94. The van der Waals surface area contributed by atoms with E-state index in [1.807, 2.05) is 30.3 Å². The van der Waals surface area contributed by atoms with Crippen LogP contribution in [0.5, 0.6) is 0 Å². The van der Waals surface area contributed by atoms with Crippen molar-refractivity contribution in [3.8, 4) is 0 Å². The summed E-state index contributed by atoms with van der Waals surface area (Å²) in [5.41, 5.74) is -1.64. The number of nitrogens with one attached hydrogen (secondary N) is 1. The Morgan fingerprint density at radius 1 is 1.21 bits per heavy atom. The van der Waals surface area contributed by atoms with Crippen molar-refractivity contribution < 1.29 is 29.0 Å². The van der Waals surface area contributed by atoms with Gasteiger partial charge in [0.1, 0.15) is 6.04 Å². The van der Waals surface area contributed by atoms with Crippen molar-refractivity contribution in [3.63, 3.8) is 0 Å². The molecule has 33 heavy (non-hydrogen) atoms.